The van der Waals surface area contributed by atoms with Crippen molar-refractivity contribution in [1.82, 2.24) is 9.97 Å². The van der Waals surface area contributed by atoms with Crippen LogP contribution in [0.2, 0.25) is 0 Å². The lowest BCUT2D eigenvalue weighted by atomic mass is 10.1. The van der Waals surface area contributed by atoms with E-state index in [0.29, 0.717) is 0 Å². The van der Waals surface area contributed by atoms with Gasteiger partial charge in [0.05, 0.1) is 11.2 Å². The van der Waals surface area contributed by atoms with Crippen LogP contribution in [0.15, 0.2) is 30.3 Å². The molecule has 0 aliphatic heterocycles. The van der Waals surface area contributed by atoms with Crippen LogP contribution < -0.4 is 0 Å². The number of hydrogen-bond donors (Lipinski definition) is 1. The molecule has 0 fully saturated rings. The van der Waals surface area contributed by atoms with Gasteiger partial charge >= 0.3 is 0 Å². The maximum atomic E-state index is 4.47. The number of pyridine rings is 1. The summed E-state index contributed by atoms with van der Waals surface area (Å²) in [6, 6.07) is 10.5. The van der Waals surface area contributed by atoms with Gasteiger partial charge in [0.1, 0.15) is 0 Å². The zero-order valence-corrected chi connectivity index (χ0v) is 10.8. The van der Waals surface area contributed by atoms with Crippen molar-refractivity contribution in [2.75, 3.05) is 0 Å². The Morgan fingerprint density at radius 3 is 2.47 bits per heavy atom. The van der Waals surface area contributed by atoms with Crippen molar-refractivity contribution < 1.29 is 0 Å². The van der Waals surface area contributed by atoms with Gasteiger partial charge in [-0.25, -0.2) is 0 Å². The van der Waals surface area contributed by atoms with Gasteiger partial charge in [-0.15, -0.1) is 0 Å². The lowest BCUT2D eigenvalue weighted by molar-refractivity contribution is 1.14. The minimum atomic E-state index is 1.07. The number of nitrogens with zero attached hydrogens (tertiary/aromatic N) is 1. The van der Waals surface area contributed by atoms with E-state index >= 15 is 0 Å². The zero-order valence-electron chi connectivity index (χ0n) is 10.8. The number of benzene rings is 1. The molecule has 0 saturated heterocycles. The minimum absolute atomic E-state index is 1.07. The maximum Gasteiger partial charge on any atom is 0.0681 e. The quantitative estimate of drug-likeness (QED) is 0.606. The van der Waals surface area contributed by atoms with Crippen molar-refractivity contribution in [3.8, 4) is 0 Å². The Balaban J connectivity index is 0.000000514. The van der Waals surface area contributed by atoms with Crippen LogP contribution in [0.5, 0.6) is 0 Å². The first-order valence-electron chi connectivity index (χ1n) is 6.10. The summed E-state index contributed by atoms with van der Waals surface area (Å²) in [4.78, 5) is 7.88. The van der Waals surface area contributed by atoms with E-state index < -0.39 is 0 Å². The van der Waals surface area contributed by atoms with Crippen LogP contribution in [0.25, 0.3) is 21.8 Å². The molecule has 3 rings (SSSR count). The molecule has 88 valence electrons. The topological polar surface area (TPSA) is 28.7 Å². The van der Waals surface area contributed by atoms with Crippen LogP contribution in [-0.4, -0.2) is 9.97 Å². The van der Waals surface area contributed by atoms with Gasteiger partial charge in [-0.2, -0.15) is 0 Å². The van der Waals surface area contributed by atoms with E-state index in [9.17, 15) is 0 Å². The molecular formula is C15H18N2. The van der Waals surface area contributed by atoms with Crippen molar-refractivity contribution in [2.24, 2.45) is 0 Å². The van der Waals surface area contributed by atoms with E-state index in [2.05, 4.69) is 34.2 Å². The predicted molar refractivity (Wildman–Crippen MR) is 74.4 cm³/mol. The van der Waals surface area contributed by atoms with Crippen LogP contribution in [0.3, 0.4) is 0 Å². The van der Waals surface area contributed by atoms with Crippen molar-refractivity contribution in [1.29, 1.82) is 0 Å². The lowest BCUT2D eigenvalue weighted by Crippen LogP contribution is -1.86. The second kappa shape index (κ2) is 4.58. The highest BCUT2D eigenvalue weighted by molar-refractivity contribution is 6.07. The van der Waals surface area contributed by atoms with Crippen molar-refractivity contribution in [3.63, 3.8) is 0 Å². The number of H-pyrrole nitrogens is 1. The summed E-state index contributed by atoms with van der Waals surface area (Å²) in [6.07, 6.45) is 0. The highest BCUT2D eigenvalue weighted by Gasteiger charge is 2.06. The molecule has 0 unspecified atom stereocenters. The van der Waals surface area contributed by atoms with Gasteiger partial charge in [-0.3, -0.25) is 4.98 Å². The Labute approximate surface area is 102 Å². The van der Waals surface area contributed by atoms with Crippen LogP contribution in [0, 0.1) is 13.8 Å². The smallest absolute Gasteiger partial charge is 0.0681 e. The van der Waals surface area contributed by atoms with E-state index in [0.717, 1.165) is 16.9 Å². The Morgan fingerprint density at radius 2 is 1.71 bits per heavy atom. The van der Waals surface area contributed by atoms with Gasteiger partial charge in [-0.1, -0.05) is 32.0 Å². The highest BCUT2D eigenvalue weighted by Crippen LogP contribution is 2.26. The van der Waals surface area contributed by atoms with Crippen LogP contribution in [0.1, 0.15) is 25.2 Å². The molecule has 0 bridgehead atoms. The van der Waals surface area contributed by atoms with Gasteiger partial charge in [0, 0.05) is 22.0 Å². The molecule has 2 aromatic heterocycles. The Bertz CT molecular complexity index is 650. The third-order valence-electron chi connectivity index (χ3n) is 2.81. The lowest BCUT2D eigenvalue weighted by Gasteiger charge is -1.97. The average molecular weight is 226 g/mol. The Kier molecular flexibility index (Phi) is 3.14. The molecule has 3 aromatic rings. The molecule has 0 saturated carbocycles. The second-order valence-corrected chi connectivity index (χ2v) is 3.94. The third kappa shape index (κ3) is 1.91. The molecule has 1 aromatic carbocycles. The summed E-state index contributed by atoms with van der Waals surface area (Å²) in [7, 11) is 0. The Hall–Kier alpha value is -1.83. The van der Waals surface area contributed by atoms with E-state index in [4.69, 9.17) is 0 Å². The Morgan fingerprint density at radius 1 is 1.00 bits per heavy atom. The minimum Gasteiger partial charge on any atom is -0.353 e. The highest BCUT2D eigenvalue weighted by atomic mass is 14.8. The summed E-state index contributed by atoms with van der Waals surface area (Å²) >= 11 is 0. The van der Waals surface area contributed by atoms with E-state index in [1.54, 1.807) is 0 Å². The summed E-state index contributed by atoms with van der Waals surface area (Å²) in [5.41, 5.74) is 4.48. The first-order valence-corrected chi connectivity index (χ1v) is 6.10. The molecule has 2 nitrogen and oxygen atoms in total. The SMILES string of the molecule is CC.Cc1cc2c([nH]c3ccccc32)c(C)n1. The first-order chi connectivity index (χ1) is 8.25. The van der Waals surface area contributed by atoms with Gasteiger partial charge in [0.2, 0.25) is 0 Å². The molecule has 0 spiro atoms. The normalized spacial score (nSPS) is 10.4. The molecule has 2 heteroatoms. The zero-order chi connectivity index (χ0) is 12.4. The fourth-order valence-corrected chi connectivity index (χ4v) is 2.16. The molecule has 0 aliphatic carbocycles. The van der Waals surface area contributed by atoms with Crippen molar-refractivity contribution in [3.05, 3.63) is 41.7 Å². The van der Waals surface area contributed by atoms with Crippen molar-refractivity contribution in [2.45, 2.75) is 27.7 Å². The molecule has 0 atom stereocenters. The summed E-state index contributed by atoms with van der Waals surface area (Å²) in [5, 5.41) is 2.55. The van der Waals surface area contributed by atoms with Crippen LogP contribution in [0.4, 0.5) is 0 Å². The summed E-state index contributed by atoms with van der Waals surface area (Å²) < 4.78 is 0. The molecule has 0 radical (unpaired) electrons. The molecule has 17 heavy (non-hydrogen) atoms. The van der Waals surface area contributed by atoms with Crippen LogP contribution >= 0.6 is 0 Å². The van der Waals surface area contributed by atoms with Gasteiger partial charge in [-0.05, 0) is 26.0 Å². The molecule has 1 N–H and O–H groups in total. The van der Waals surface area contributed by atoms with Gasteiger partial charge in [0.25, 0.3) is 0 Å². The first kappa shape index (κ1) is 11.6. The fraction of sp³-hybridized carbons (Fsp3) is 0.267. The number of nitrogens with one attached hydrogen (secondary N) is 1. The number of fused-ring (bicyclic) bond motifs is 3. The van der Waals surface area contributed by atoms with Crippen molar-refractivity contribution >= 4 is 21.8 Å². The number of aromatic nitrogens is 2. The van der Waals surface area contributed by atoms with E-state index in [-0.39, 0.29) is 0 Å². The van der Waals surface area contributed by atoms with E-state index in [1.807, 2.05) is 33.8 Å². The molecule has 2 heterocycles. The van der Waals surface area contributed by atoms with E-state index in [1.165, 1.54) is 16.3 Å². The number of aryl methyl sites for hydroxylation is 2. The average Bonchev–Trinajstić information content (AvgIpc) is 2.71. The second-order valence-electron chi connectivity index (χ2n) is 3.94. The fourth-order valence-electron chi connectivity index (χ4n) is 2.16. The number of para-hydroxylation sites is 1. The monoisotopic (exact) mass is 226 g/mol. The third-order valence-corrected chi connectivity index (χ3v) is 2.81. The standard InChI is InChI=1S/C13H12N2.C2H6/c1-8-7-11-10-5-3-4-6-12(10)15-13(11)9(2)14-8;1-2/h3-7,15H,1-2H3;1-2H3. The number of hydrogen-bond acceptors (Lipinski definition) is 1. The summed E-state index contributed by atoms with van der Waals surface area (Å²) in [6.45, 7) is 8.08. The molecule has 0 amide bonds. The predicted octanol–water partition coefficient (Wildman–Crippen LogP) is 4.36. The molecular weight excluding hydrogens is 208 g/mol. The van der Waals surface area contributed by atoms with Crippen LogP contribution in [-0.2, 0) is 0 Å². The number of aromatic amines is 1. The summed E-state index contributed by atoms with van der Waals surface area (Å²) in [5.74, 6) is 0. The van der Waals surface area contributed by atoms with Gasteiger partial charge in [0.15, 0.2) is 0 Å². The largest absolute Gasteiger partial charge is 0.353 e. The van der Waals surface area contributed by atoms with Gasteiger partial charge < -0.3 is 4.98 Å². The maximum absolute atomic E-state index is 4.47. The molecule has 0 aliphatic rings. The number of rotatable bonds is 0.